The zero-order valence-corrected chi connectivity index (χ0v) is 10.2. The lowest BCUT2D eigenvalue weighted by Crippen LogP contribution is -2.11. The summed E-state index contributed by atoms with van der Waals surface area (Å²) in [6.07, 6.45) is 2.17. The molecule has 1 atom stereocenters. The lowest BCUT2D eigenvalue weighted by molar-refractivity contribution is 0.415. The summed E-state index contributed by atoms with van der Waals surface area (Å²) < 4.78 is 7.42. The van der Waals surface area contributed by atoms with Crippen molar-refractivity contribution in [3.63, 3.8) is 0 Å². The molecule has 0 saturated heterocycles. The molecule has 0 spiro atoms. The van der Waals surface area contributed by atoms with E-state index in [2.05, 4.69) is 42.2 Å². The zero-order valence-electron chi connectivity index (χ0n) is 10.2. The quantitative estimate of drug-likeness (QED) is 0.856. The smallest absolute Gasteiger partial charge is 0.119 e. The van der Waals surface area contributed by atoms with Crippen LogP contribution < -0.4 is 10.1 Å². The minimum Gasteiger partial charge on any atom is -0.497 e. The second-order valence-electron chi connectivity index (χ2n) is 4.09. The van der Waals surface area contributed by atoms with Crippen molar-refractivity contribution >= 4 is 10.9 Å². The van der Waals surface area contributed by atoms with Crippen molar-refractivity contribution in [2.24, 2.45) is 7.05 Å². The highest BCUT2D eigenvalue weighted by Crippen LogP contribution is 2.28. The normalized spacial score (nSPS) is 13.0. The average Bonchev–Trinajstić information content (AvgIpc) is 2.65. The number of aromatic nitrogens is 1. The molecule has 16 heavy (non-hydrogen) atoms. The molecule has 1 aromatic carbocycles. The van der Waals surface area contributed by atoms with E-state index >= 15 is 0 Å². The van der Waals surface area contributed by atoms with E-state index in [-0.39, 0.29) is 0 Å². The molecule has 0 bridgehead atoms. The van der Waals surface area contributed by atoms with Crippen molar-refractivity contribution in [2.45, 2.75) is 13.0 Å². The van der Waals surface area contributed by atoms with Gasteiger partial charge in [-0.15, -0.1) is 0 Å². The standard InChI is InChI=1S/C13H18N2O/c1-9(14-2)12-8-15(3)13-6-5-10(16-4)7-11(12)13/h5-9,14H,1-4H3. The van der Waals surface area contributed by atoms with E-state index in [0.29, 0.717) is 6.04 Å². The number of hydrogen-bond acceptors (Lipinski definition) is 2. The van der Waals surface area contributed by atoms with E-state index < -0.39 is 0 Å². The monoisotopic (exact) mass is 218 g/mol. The predicted molar refractivity (Wildman–Crippen MR) is 66.9 cm³/mol. The van der Waals surface area contributed by atoms with Gasteiger partial charge in [-0.2, -0.15) is 0 Å². The molecule has 0 aliphatic carbocycles. The Morgan fingerprint density at radius 3 is 2.75 bits per heavy atom. The lowest BCUT2D eigenvalue weighted by Gasteiger charge is -2.08. The first-order chi connectivity index (χ1) is 7.67. The number of ether oxygens (including phenoxy) is 1. The molecule has 0 amide bonds. The van der Waals surface area contributed by atoms with Crippen molar-refractivity contribution in [1.29, 1.82) is 0 Å². The fraction of sp³-hybridized carbons (Fsp3) is 0.385. The van der Waals surface area contributed by atoms with Crippen LogP contribution in [-0.2, 0) is 7.05 Å². The molecular weight excluding hydrogens is 200 g/mol. The van der Waals surface area contributed by atoms with Gasteiger partial charge in [0.1, 0.15) is 5.75 Å². The van der Waals surface area contributed by atoms with Gasteiger partial charge in [-0.05, 0) is 37.7 Å². The minimum absolute atomic E-state index is 0.343. The number of fused-ring (bicyclic) bond motifs is 1. The van der Waals surface area contributed by atoms with Crippen LogP contribution in [0.4, 0.5) is 0 Å². The van der Waals surface area contributed by atoms with Crippen LogP contribution in [0.5, 0.6) is 5.75 Å². The second kappa shape index (κ2) is 4.18. The van der Waals surface area contributed by atoms with Crippen molar-refractivity contribution in [3.8, 4) is 5.75 Å². The largest absolute Gasteiger partial charge is 0.497 e. The topological polar surface area (TPSA) is 26.2 Å². The summed E-state index contributed by atoms with van der Waals surface area (Å²) in [5, 5.41) is 4.52. The Kier molecular flexibility index (Phi) is 2.88. The van der Waals surface area contributed by atoms with E-state index in [9.17, 15) is 0 Å². The van der Waals surface area contributed by atoms with E-state index in [1.54, 1.807) is 7.11 Å². The summed E-state index contributed by atoms with van der Waals surface area (Å²) in [7, 11) is 5.75. The molecule has 0 saturated carbocycles. The third-order valence-electron chi connectivity index (χ3n) is 3.13. The number of aryl methyl sites for hydroxylation is 1. The summed E-state index contributed by atoms with van der Waals surface area (Å²) in [6, 6.07) is 6.53. The highest BCUT2D eigenvalue weighted by Gasteiger charge is 2.11. The second-order valence-corrected chi connectivity index (χ2v) is 4.09. The van der Waals surface area contributed by atoms with Gasteiger partial charge >= 0.3 is 0 Å². The molecule has 0 aliphatic heterocycles. The van der Waals surface area contributed by atoms with Gasteiger partial charge in [-0.1, -0.05) is 0 Å². The van der Waals surface area contributed by atoms with E-state index in [0.717, 1.165) is 5.75 Å². The van der Waals surface area contributed by atoms with Gasteiger partial charge in [0.15, 0.2) is 0 Å². The summed E-state index contributed by atoms with van der Waals surface area (Å²) >= 11 is 0. The Balaban J connectivity index is 2.65. The zero-order chi connectivity index (χ0) is 11.7. The van der Waals surface area contributed by atoms with Gasteiger partial charge in [-0.3, -0.25) is 0 Å². The first-order valence-corrected chi connectivity index (χ1v) is 5.47. The first-order valence-electron chi connectivity index (χ1n) is 5.47. The van der Waals surface area contributed by atoms with Gasteiger partial charge in [0.2, 0.25) is 0 Å². The molecule has 0 radical (unpaired) electrons. The number of nitrogens with one attached hydrogen (secondary N) is 1. The molecule has 0 aliphatic rings. The third-order valence-corrected chi connectivity index (χ3v) is 3.13. The Bertz CT molecular complexity index is 502. The third kappa shape index (κ3) is 1.67. The minimum atomic E-state index is 0.343. The summed E-state index contributed by atoms with van der Waals surface area (Å²) in [6.45, 7) is 2.16. The maximum atomic E-state index is 5.27. The lowest BCUT2D eigenvalue weighted by atomic mass is 10.1. The fourth-order valence-electron chi connectivity index (χ4n) is 2.03. The SMILES string of the molecule is CNC(C)c1cn(C)c2ccc(OC)cc12. The molecule has 3 nitrogen and oxygen atoms in total. The van der Waals surface area contributed by atoms with E-state index in [4.69, 9.17) is 4.74 Å². The summed E-state index contributed by atoms with van der Waals surface area (Å²) in [4.78, 5) is 0. The number of rotatable bonds is 3. The molecule has 1 heterocycles. The summed E-state index contributed by atoms with van der Waals surface area (Å²) in [5.74, 6) is 0.906. The van der Waals surface area contributed by atoms with Crippen LogP contribution in [0.15, 0.2) is 24.4 Å². The van der Waals surface area contributed by atoms with Crippen molar-refractivity contribution in [2.75, 3.05) is 14.2 Å². The molecule has 0 fully saturated rings. The van der Waals surface area contributed by atoms with Crippen LogP contribution >= 0.6 is 0 Å². The Morgan fingerprint density at radius 2 is 2.12 bits per heavy atom. The van der Waals surface area contributed by atoms with Crippen LogP contribution in [0.25, 0.3) is 10.9 Å². The molecule has 3 heteroatoms. The fourth-order valence-corrected chi connectivity index (χ4v) is 2.03. The molecular formula is C13H18N2O. The van der Waals surface area contributed by atoms with E-state index in [1.807, 2.05) is 13.1 Å². The Morgan fingerprint density at radius 1 is 1.38 bits per heavy atom. The van der Waals surface area contributed by atoms with E-state index in [1.165, 1.54) is 16.5 Å². The van der Waals surface area contributed by atoms with Crippen LogP contribution in [0.2, 0.25) is 0 Å². The molecule has 1 N–H and O–H groups in total. The van der Waals surface area contributed by atoms with Gasteiger partial charge < -0.3 is 14.6 Å². The Hall–Kier alpha value is -1.48. The van der Waals surface area contributed by atoms with Crippen LogP contribution in [-0.4, -0.2) is 18.7 Å². The van der Waals surface area contributed by atoms with Crippen molar-refractivity contribution in [1.82, 2.24) is 9.88 Å². The van der Waals surface area contributed by atoms with Crippen LogP contribution in [0.3, 0.4) is 0 Å². The maximum absolute atomic E-state index is 5.27. The van der Waals surface area contributed by atoms with Gasteiger partial charge in [-0.25, -0.2) is 0 Å². The van der Waals surface area contributed by atoms with Crippen LogP contribution in [0.1, 0.15) is 18.5 Å². The molecule has 2 aromatic rings. The van der Waals surface area contributed by atoms with Gasteiger partial charge in [0.25, 0.3) is 0 Å². The number of benzene rings is 1. The summed E-state index contributed by atoms with van der Waals surface area (Å²) in [5.41, 5.74) is 2.54. The number of methoxy groups -OCH3 is 1. The highest BCUT2D eigenvalue weighted by atomic mass is 16.5. The van der Waals surface area contributed by atoms with Crippen LogP contribution in [0, 0.1) is 0 Å². The Labute approximate surface area is 96.0 Å². The van der Waals surface area contributed by atoms with Gasteiger partial charge in [0, 0.05) is 30.2 Å². The van der Waals surface area contributed by atoms with Crippen molar-refractivity contribution < 1.29 is 4.74 Å². The molecule has 1 aromatic heterocycles. The maximum Gasteiger partial charge on any atom is 0.119 e. The molecule has 1 unspecified atom stereocenters. The highest BCUT2D eigenvalue weighted by molar-refractivity contribution is 5.85. The molecule has 2 rings (SSSR count). The first kappa shape index (κ1) is 11.0. The number of hydrogen-bond donors (Lipinski definition) is 1. The molecule has 86 valence electrons. The predicted octanol–water partition coefficient (Wildman–Crippen LogP) is 2.47. The van der Waals surface area contributed by atoms with Crippen molar-refractivity contribution in [3.05, 3.63) is 30.0 Å². The van der Waals surface area contributed by atoms with Gasteiger partial charge in [0.05, 0.1) is 7.11 Å². The average molecular weight is 218 g/mol. The number of nitrogens with zero attached hydrogens (tertiary/aromatic N) is 1.